The number of carbonyl (C=O) groups is 2. The zero-order valence-electron chi connectivity index (χ0n) is 24.5. The van der Waals surface area contributed by atoms with E-state index in [2.05, 4.69) is 43.8 Å². The Hall–Kier alpha value is -4.45. The molecule has 12 heteroatoms. The number of amides is 2. The van der Waals surface area contributed by atoms with Gasteiger partial charge < -0.3 is 16.0 Å². The maximum atomic E-state index is 13.9. The Balaban J connectivity index is 0.00000384. The minimum Gasteiger partial charge on any atom is -0.334 e. The second kappa shape index (κ2) is 13.5. The minimum atomic E-state index is -0.906. The summed E-state index contributed by atoms with van der Waals surface area (Å²) in [6, 6.07) is 20.3. The number of imide groups is 1. The van der Waals surface area contributed by atoms with Gasteiger partial charge in [-0.1, -0.05) is 30.3 Å². The smallest absolute Gasteiger partial charge is 0.251 e. The van der Waals surface area contributed by atoms with Crippen LogP contribution in [0.1, 0.15) is 31.2 Å². The molecular formula is C32H36ClN9O2. The molecule has 2 aromatic heterocycles. The van der Waals surface area contributed by atoms with Crippen LogP contribution >= 0.6 is 12.4 Å². The number of hydrogen-bond donors (Lipinski definition) is 3. The van der Waals surface area contributed by atoms with E-state index < -0.39 is 11.9 Å². The highest BCUT2D eigenvalue weighted by atomic mass is 35.5. The maximum absolute atomic E-state index is 13.9. The third-order valence-electron chi connectivity index (χ3n) is 8.48. The monoisotopic (exact) mass is 613 g/mol. The van der Waals surface area contributed by atoms with Crippen LogP contribution in [0.2, 0.25) is 0 Å². The molecule has 1 fully saturated rings. The van der Waals surface area contributed by atoms with Crippen LogP contribution in [0.4, 0.5) is 5.69 Å². The fourth-order valence-corrected chi connectivity index (χ4v) is 5.89. The van der Waals surface area contributed by atoms with Gasteiger partial charge in [0, 0.05) is 18.5 Å². The Kier molecular flexibility index (Phi) is 9.48. The van der Waals surface area contributed by atoms with Gasteiger partial charge >= 0.3 is 0 Å². The Morgan fingerprint density at radius 3 is 2.32 bits per heavy atom. The number of rotatable bonds is 8. The number of imidazole rings is 1. The van der Waals surface area contributed by atoms with E-state index in [1.807, 2.05) is 35.9 Å². The van der Waals surface area contributed by atoms with Gasteiger partial charge in [-0.25, -0.2) is 9.88 Å². The zero-order valence-corrected chi connectivity index (χ0v) is 25.3. The lowest BCUT2D eigenvalue weighted by molar-refractivity contribution is -0.130. The van der Waals surface area contributed by atoms with E-state index in [1.165, 1.54) is 4.90 Å². The lowest BCUT2D eigenvalue weighted by Crippen LogP contribution is -2.50. The van der Waals surface area contributed by atoms with Gasteiger partial charge in [0.15, 0.2) is 0 Å². The minimum absolute atomic E-state index is 0. The molecule has 5 aromatic rings. The summed E-state index contributed by atoms with van der Waals surface area (Å²) in [4.78, 5) is 33.5. The molecule has 2 heterocycles. The average molecular weight is 614 g/mol. The highest BCUT2D eigenvalue weighted by Gasteiger charge is 2.35. The number of nitrogens with zero attached hydrogens (tertiary/aromatic N) is 6. The number of nitrogens with two attached hydrogens (primary N) is 2. The van der Waals surface area contributed by atoms with E-state index >= 15 is 0 Å². The number of nitrogens with one attached hydrogen (secondary N) is 1. The predicted octanol–water partition coefficient (Wildman–Crippen LogP) is 4.04. The maximum Gasteiger partial charge on any atom is 0.251 e. The van der Waals surface area contributed by atoms with Crippen molar-refractivity contribution in [3.63, 3.8) is 0 Å². The number of fused-ring (bicyclic) bond motifs is 1. The SMILES string of the molecule is Cl.Cn1cnc2cc(-c3ccc(C[C@H](N)C(=O)N(C(=O)C4CCC(CN)CC4)c4ccc(-c5nn[nH]n5)cc4)cc3)ccc21. The summed E-state index contributed by atoms with van der Waals surface area (Å²) >= 11 is 0. The zero-order chi connectivity index (χ0) is 29.9. The van der Waals surface area contributed by atoms with E-state index in [0.29, 0.717) is 48.8 Å². The van der Waals surface area contributed by atoms with E-state index in [9.17, 15) is 9.59 Å². The molecule has 0 bridgehead atoms. The molecule has 1 atom stereocenters. The Bertz CT molecular complexity index is 1710. The van der Waals surface area contributed by atoms with Crippen molar-refractivity contribution < 1.29 is 9.59 Å². The van der Waals surface area contributed by atoms with Crippen molar-refractivity contribution in [1.29, 1.82) is 0 Å². The van der Waals surface area contributed by atoms with Crippen LogP contribution in [-0.4, -0.2) is 54.6 Å². The molecule has 0 spiro atoms. The van der Waals surface area contributed by atoms with E-state index in [-0.39, 0.29) is 24.2 Å². The first kappa shape index (κ1) is 31.0. The van der Waals surface area contributed by atoms with E-state index in [1.54, 1.807) is 30.6 Å². The van der Waals surface area contributed by atoms with Crippen molar-refractivity contribution in [3.8, 4) is 22.5 Å². The van der Waals surface area contributed by atoms with Crippen LogP contribution < -0.4 is 16.4 Å². The fraction of sp³-hybridized carbons (Fsp3) is 0.312. The molecule has 1 saturated carbocycles. The van der Waals surface area contributed by atoms with Crippen LogP contribution in [0.15, 0.2) is 73.1 Å². The lowest BCUT2D eigenvalue weighted by Gasteiger charge is -2.32. The largest absolute Gasteiger partial charge is 0.334 e. The van der Waals surface area contributed by atoms with Crippen LogP contribution in [0, 0.1) is 11.8 Å². The number of H-pyrrole nitrogens is 1. The third-order valence-corrected chi connectivity index (χ3v) is 8.48. The van der Waals surface area contributed by atoms with Crippen LogP contribution in [0.3, 0.4) is 0 Å². The third kappa shape index (κ3) is 6.40. The van der Waals surface area contributed by atoms with Gasteiger partial charge in [-0.2, -0.15) is 5.21 Å². The standard InChI is InChI=1S/C32H35N9O2.ClH/c1-40-19-35-28-17-25(12-15-29(28)40)22-6-2-20(3-7-22)16-27(34)32(43)41(31(42)24-8-4-21(18-33)5-9-24)26-13-10-23(11-14-26)30-36-38-39-37-30;/h2-3,6-7,10-15,17,19,21,24,27H,4-5,8-9,16,18,33-34H2,1H3,(H,36,37,38,39);1H/t21?,24?,27-;/m0./s1. The number of tetrazole rings is 1. The van der Waals surface area contributed by atoms with Gasteiger partial charge in [0.2, 0.25) is 11.7 Å². The molecule has 0 unspecified atom stereocenters. The van der Waals surface area contributed by atoms with Crippen molar-refractivity contribution in [2.75, 3.05) is 11.4 Å². The van der Waals surface area contributed by atoms with Crippen molar-refractivity contribution in [1.82, 2.24) is 30.2 Å². The number of aryl methyl sites for hydroxylation is 1. The first-order valence-electron chi connectivity index (χ1n) is 14.6. The second-order valence-corrected chi connectivity index (χ2v) is 11.3. The van der Waals surface area contributed by atoms with Gasteiger partial charge in [0.1, 0.15) is 0 Å². The molecule has 44 heavy (non-hydrogen) atoms. The number of anilines is 1. The summed E-state index contributed by atoms with van der Waals surface area (Å²) < 4.78 is 1.99. The molecule has 228 valence electrons. The summed E-state index contributed by atoms with van der Waals surface area (Å²) in [5.41, 5.74) is 18.6. The topological polar surface area (TPSA) is 162 Å². The van der Waals surface area contributed by atoms with Crippen molar-refractivity contribution >= 4 is 40.9 Å². The number of aromatic amines is 1. The number of carbonyl (C=O) groups excluding carboxylic acids is 2. The van der Waals surface area contributed by atoms with Crippen LogP contribution in [0.5, 0.6) is 0 Å². The molecule has 1 aliphatic carbocycles. The average Bonchev–Trinajstić information content (AvgIpc) is 3.72. The first-order chi connectivity index (χ1) is 20.9. The van der Waals surface area contributed by atoms with Crippen LogP contribution in [-0.2, 0) is 23.1 Å². The second-order valence-electron chi connectivity index (χ2n) is 11.3. The molecule has 3 aromatic carbocycles. The molecule has 0 saturated heterocycles. The van der Waals surface area contributed by atoms with Gasteiger partial charge in [0.25, 0.3) is 5.91 Å². The fourth-order valence-electron chi connectivity index (χ4n) is 5.89. The predicted molar refractivity (Wildman–Crippen MR) is 172 cm³/mol. The molecule has 0 aliphatic heterocycles. The first-order valence-corrected chi connectivity index (χ1v) is 14.6. The summed E-state index contributed by atoms with van der Waals surface area (Å²) in [6.07, 6.45) is 5.24. The quantitative estimate of drug-likeness (QED) is 0.236. The Morgan fingerprint density at radius 2 is 1.66 bits per heavy atom. The molecule has 0 radical (unpaired) electrons. The lowest BCUT2D eigenvalue weighted by atomic mass is 9.81. The summed E-state index contributed by atoms with van der Waals surface area (Å²) in [6.45, 7) is 0.614. The van der Waals surface area contributed by atoms with Gasteiger partial charge in [-0.05, 0) is 103 Å². The van der Waals surface area contributed by atoms with Crippen molar-refractivity contribution in [3.05, 3.63) is 78.6 Å². The molecule has 5 N–H and O–H groups in total. The highest BCUT2D eigenvalue weighted by Crippen LogP contribution is 2.32. The Labute approximate surface area is 261 Å². The Morgan fingerprint density at radius 1 is 0.977 bits per heavy atom. The number of benzene rings is 3. The highest BCUT2D eigenvalue weighted by molar-refractivity contribution is 6.17. The molecule has 11 nitrogen and oxygen atoms in total. The summed E-state index contributed by atoms with van der Waals surface area (Å²) in [7, 11) is 1.97. The number of aromatic nitrogens is 6. The van der Waals surface area contributed by atoms with Crippen LogP contribution in [0.25, 0.3) is 33.5 Å². The number of halogens is 1. The van der Waals surface area contributed by atoms with Gasteiger partial charge in [0.05, 0.1) is 29.1 Å². The van der Waals surface area contributed by atoms with E-state index in [4.69, 9.17) is 11.5 Å². The van der Waals surface area contributed by atoms with Crippen molar-refractivity contribution in [2.45, 2.75) is 38.1 Å². The molecule has 6 rings (SSSR count). The summed E-state index contributed by atoms with van der Waals surface area (Å²) in [5.74, 6) is -0.0625. The molecule has 2 amide bonds. The number of hydrogen-bond acceptors (Lipinski definition) is 8. The summed E-state index contributed by atoms with van der Waals surface area (Å²) in [5, 5.41) is 14.0. The van der Waals surface area contributed by atoms with Crippen molar-refractivity contribution in [2.24, 2.45) is 30.4 Å². The van der Waals surface area contributed by atoms with Gasteiger partial charge in [-0.3, -0.25) is 9.59 Å². The van der Waals surface area contributed by atoms with Gasteiger partial charge in [-0.15, -0.1) is 22.6 Å². The normalized spacial score (nSPS) is 17.2. The van der Waals surface area contributed by atoms with E-state index in [0.717, 1.165) is 40.6 Å². The molecular weight excluding hydrogens is 578 g/mol. The molecule has 1 aliphatic rings.